The smallest absolute Gasteiger partial charge is 0.256 e. The highest BCUT2D eigenvalue weighted by atomic mass is 35.5. The summed E-state index contributed by atoms with van der Waals surface area (Å²) in [6.07, 6.45) is 1.01. The Hall–Kier alpha value is -2.18. The van der Waals surface area contributed by atoms with Gasteiger partial charge in [-0.15, -0.1) is 0 Å². The summed E-state index contributed by atoms with van der Waals surface area (Å²) in [5, 5.41) is 2.92. The lowest BCUT2D eigenvalue weighted by Crippen LogP contribution is -2.43. The number of rotatable bonds is 3. The fourth-order valence-electron chi connectivity index (χ4n) is 2.91. The van der Waals surface area contributed by atoms with Crippen LogP contribution in [-0.2, 0) is 4.79 Å². The van der Waals surface area contributed by atoms with Crippen LogP contribution in [0.5, 0.6) is 0 Å². The molecule has 8 heteroatoms. The monoisotopic (exact) mass is 398 g/mol. The number of hydrogen-bond acceptors (Lipinski definition) is 2. The molecule has 136 valence electrons. The van der Waals surface area contributed by atoms with Crippen LogP contribution >= 0.6 is 23.2 Å². The second-order valence-corrected chi connectivity index (χ2v) is 6.74. The van der Waals surface area contributed by atoms with Gasteiger partial charge in [-0.05, 0) is 43.2 Å². The molecule has 0 radical (unpaired) electrons. The zero-order chi connectivity index (χ0) is 18.8. The van der Waals surface area contributed by atoms with Crippen molar-refractivity contribution in [3.8, 4) is 0 Å². The van der Waals surface area contributed by atoms with E-state index in [1.165, 1.54) is 17.0 Å². The Morgan fingerprint density at radius 3 is 2.65 bits per heavy atom. The molecule has 3 rings (SSSR count). The molecule has 1 N–H and O–H groups in total. The molecule has 1 heterocycles. The van der Waals surface area contributed by atoms with Crippen molar-refractivity contribution in [3.05, 3.63) is 63.6 Å². The second-order valence-electron chi connectivity index (χ2n) is 5.89. The number of hydrogen-bond donors (Lipinski definition) is 1. The summed E-state index contributed by atoms with van der Waals surface area (Å²) in [6.45, 7) is 0.353. The topological polar surface area (TPSA) is 49.4 Å². The minimum Gasteiger partial charge on any atom is -0.327 e. The minimum absolute atomic E-state index is 0.191. The first kappa shape index (κ1) is 18.6. The zero-order valence-corrected chi connectivity index (χ0v) is 15.0. The summed E-state index contributed by atoms with van der Waals surface area (Å²) >= 11 is 12.0. The molecule has 2 amide bonds. The fourth-order valence-corrected chi connectivity index (χ4v) is 3.28. The quantitative estimate of drug-likeness (QED) is 0.826. The molecule has 1 aliphatic heterocycles. The molecule has 4 nitrogen and oxygen atoms in total. The number of halogens is 4. The second kappa shape index (κ2) is 7.60. The Labute approximate surface area is 158 Å². The van der Waals surface area contributed by atoms with Crippen LogP contribution in [0.25, 0.3) is 0 Å². The molecule has 2 aromatic rings. The first-order valence-corrected chi connectivity index (χ1v) is 8.64. The summed E-state index contributed by atoms with van der Waals surface area (Å²) in [4.78, 5) is 26.7. The molecule has 0 saturated carbocycles. The van der Waals surface area contributed by atoms with E-state index in [-0.39, 0.29) is 16.3 Å². The van der Waals surface area contributed by atoms with E-state index in [1.54, 1.807) is 6.07 Å². The van der Waals surface area contributed by atoms with Gasteiger partial charge in [0, 0.05) is 17.6 Å². The van der Waals surface area contributed by atoms with Crippen LogP contribution in [-0.4, -0.2) is 29.3 Å². The van der Waals surface area contributed by atoms with Crippen LogP contribution in [0.4, 0.5) is 14.5 Å². The predicted molar refractivity (Wildman–Crippen MR) is 95.5 cm³/mol. The molecule has 2 aromatic carbocycles. The molecule has 1 fully saturated rings. The lowest BCUT2D eigenvalue weighted by atomic mass is 10.1. The van der Waals surface area contributed by atoms with Crippen molar-refractivity contribution < 1.29 is 18.4 Å². The van der Waals surface area contributed by atoms with Crippen molar-refractivity contribution in [3.63, 3.8) is 0 Å². The van der Waals surface area contributed by atoms with E-state index in [0.717, 1.165) is 18.2 Å². The molecular formula is C18H14Cl2F2N2O2. The maximum atomic E-state index is 13.7. The zero-order valence-electron chi connectivity index (χ0n) is 13.4. The van der Waals surface area contributed by atoms with E-state index < -0.39 is 29.5 Å². The molecular weight excluding hydrogens is 385 g/mol. The van der Waals surface area contributed by atoms with Gasteiger partial charge in [0.1, 0.15) is 17.7 Å². The third kappa shape index (κ3) is 3.81. The molecule has 0 spiro atoms. The lowest BCUT2D eigenvalue weighted by molar-refractivity contribution is -0.119. The SMILES string of the molecule is O=C(Nc1cc(F)ccc1F)[C@@H]1CCCN1C(=O)c1cc(Cl)ccc1Cl. The third-order valence-electron chi connectivity index (χ3n) is 4.16. The lowest BCUT2D eigenvalue weighted by Gasteiger charge is -2.24. The number of carbonyl (C=O) groups is 2. The molecule has 1 saturated heterocycles. The van der Waals surface area contributed by atoms with Gasteiger partial charge in [0.15, 0.2) is 0 Å². The number of benzene rings is 2. The summed E-state index contributed by atoms with van der Waals surface area (Å²) < 4.78 is 27.0. The van der Waals surface area contributed by atoms with Crippen LogP contribution in [0, 0.1) is 11.6 Å². The standard InChI is InChI=1S/C18H14Cl2F2N2O2/c19-10-3-5-13(20)12(8-10)18(26)24-7-1-2-16(24)17(25)23-15-9-11(21)4-6-14(15)22/h3-6,8-9,16H,1-2,7H2,(H,23,25)/t16-/m0/s1. The van der Waals surface area contributed by atoms with Crippen molar-refractivity contribution >= 4 is 40.7 Å². The summed E-state index contributed by atoms with van der Waals surface area (Å²) in [6, 6.07) is 6.46. The Morgan fingerprint density at radius 2 is 1.88 bits per heavy atom. The highest BCUT2D eigenvalue weighted by molar-refractivity contribution is 6.35. The van der Waals surface area contributed by atoms with Gasteiger partial charge in [-0.1, -0.05) is 23.2 Å². The summed E-state index contributed by atoms with van der Waals surface area (Å²) in [5.74, 6) is -2.45. The Morgan fingerprint density at radius 1 is 1.12 bits per heavy atom. The van der Waals surface area contributed by atoms with Crippen LogP contribution < -0.4 is 5.32 Å². The maximum absolute atomic E-state index is 13.7. The van der Waals surface area contributed by atoms with E-state index in [1.807, 2.05) is 0 Å². The van der Waals surface area contributed by atoms with Gasteiger partial charge in [-0.2, -0.15) is 0 Å². The Balaban J connectivity index is 1.81. The minimum atomic E-state index is -0.805. The van der Waals surface area contributed by atoms with Gasteiger partial charge in [0.05, 0.1) is 16.3 Å². The van der Waals surface area contributed by atoms with Crippen LogP contribution in [0.3, 0.4) is 0 Å². The van der Waals surface area contributed by atoms with Crippen molar-refractivity contribution in [1.29, 1.82) is 0 Å². The molecule has 0 aromatic heterocycles. The Bertz CT molecular complexity index is 876. The number of likely N-dealkylation sites (tertiary alicyclic amines) is 1. The average molecular weight is 399 g/mol. The number of anilines is 1. The number of nitrogens with one attached hydrogen (secondary N) is 1. The van der Waals surface area contributed by atoms with Gasteiger partial charge < -0.3 is 10.2 Å². The van der Waals surface area contributed by atoms with E-state index in [4.69, 9.17) is 23.2 Å². The highest BCUT2D eigenvalue weighted by Crippen LogP contribution is 2.27. The van der Waals surface area contributed by atoms with E-state index in [2.05, 4.69) is 5.32 Å². The number of nitrogens with zero attached hydrogens (tertiary/aromatic N) is 1. The molecule has 1 atom stereocenters. The summed E-state index contributed by atoms with van der Waals surface area (Å²) in [5.41, 5.74) is -0.0779. The van der Waals surface area contributed by atoms with Crippen LogP contribution in [0.15, 0.2) is 36.4 Å². The van der Waals surface area contributed by atoms with E-state index >= 15 is 0 Å². The van der Waals surface area contributed by atoms with Gasteiger partial charge in [-0.3, -0.25) is 9.59 Å². The molecule has 0 unspecified atom stereocenters. The van der Waals surface area contributed by atoms with E-state index in [0.29, 0.717) is 24.4 Å². The van der Waals surface area contributed by atoms with Crippen molar-refractivity contribution in [2.24, 2.45) is 0 Å². The van der Waals surface area contributed by atoms with Gasteiger partial charge in [0.2, 0.25) is 5.91 Å². The normalized spacial score (nSPS) is 16.6. The van der Waals surface area contributed by atoms with Gasteiger partial charge in [0.25, 0.3) is 5.91 Å². The van der Waals surface area contributed by atoms with Gasteiger partial charge in [-0.25, -0.2) is 8.78 Å². The highest BCUT2D eigenvalue weighted by Gasteiger charge is 2.35. The number of amides is 2. The first-order chi connectivity index (χ1) is 12.4. The number of carbonyl (C=O) groups excluding carboxylic acids is 2. The van der Waals surface area contributed by atoms with Crippen molar-refractivity contribution in [1.82, 2.24) is 4.90 Å². The first-order valence-electron chi connectivity index (χ1n) is 7.89. The Kier molecular flexibility index (Phi) is 5.44. The molecule has 26 heavy (non-hydrogen) atoms. The summed E-state index contributed by atoms with van der Waals surface area (Å²) in [7, 11) is 0. The molecule has 0 aliphatic carbocycles. The third-order valence-corrected chi connectivity index (χ3v) is 4.73. The molecule has 1 aliphatic rings. The fraction of sp³-hybridized carbons (Fsp3) is 0.222. The average Bonchev–Trinajstić information content (AvgIpc) is 3.09. The van der Waals surface area contributed by atoms with Crippen molar-refractivity contribution in [2.75, 3.05) is 11.9 Å². The largest absolute Gasteiger partial charge is 0.327 e. The van der Waals surface area contributed by atoms with E-state index in [9.17, 15) is 18.4 Å². The maximum Gasteiger partial charge on any atom is 0.256 e. The predicted octanol–water partition coefficient (Wildman–Crippen LogP) is 4.51. The van der Waals surface area contributed by atoms with Crippen LogP contribution in [0.1, 0.15) is 23.2 Å². The van der Waals surface area contributed by atoms with Gasteiger partial charge >= 0.3 is 0 Å². The molecule has 0 bridgehead atoms. The van der Waals surface area contributed by atoms with Crippen molar-refractivity contribution in [2.45, 2.75) is 18.9 Å². The van der Waals surface area contributed by atoms with Crippen LogP contribution in [0.2, 0.25) is 10.0 Å².